The maximum Gasteiger partial charge on any atom is 0.240 e. The molecule has 0 aromatic carbocycles. The van der Waals surface area contributed by atoms with Crippen molar-refractivity contribution in [3.63, 3.8) is 0 Å². The Balaban J connectivity index is 2.19. The van der Waals surface area contributed by atoms with E-state index >= 15 is 0 Å². The Morgan fingerprint density at radius 1 is 1.45 bits per heavy atom. The minimum absolute atomic E-state index is 0.0854. The predicted octanol–water partition coefficient (Wildman–Crippen LogP) is -0.101. The van der Waals surface area contributed by atoms with Crippen molar-refractivity contribution in [2.24, 2.45) is 7.05 Å². The van der Waals surface area contributed by atoms with Crippen molar-refractivity contribution in [2.75, 3.05) is 33.7 Å². The molecule has 1 aromatic rings. The van der Waals surface area contributed by atoms with Gasteiger partial charge in [0, 0.05) is 58.6 Å². The maximum atomic E-state index is 12.3. The fourth-order valence-corrected chi connectivity index (χ4v) is 2.73. The first-order chi connectivity index (χ1) is 9.41. The minimum Gasteiger partial charge on any atom is -0.347 e. The van der Waals surface area contributed by atoms with E-state index < -0.39 is 0 Å². The number of piperazine rings is 1. The van der Waals surface area contributed by atoms with Crippen LogP contribution in [0.25, 0.3) is 0 Å². The first-order valence-electron chi connectivity index (χ1n) is 7.06. The second-order valence-electron chi connectivity index (χ2n) is 5.70. The summed E-state index contributed by atoms with van der Waals surface area (Å²) in [4.78, 5) is 16.2. The standard InChI is InChI=1S/C14H25N5O/c1-10-12(11(2)18(5)16-10)9-19-7-6-15-8-13(19)14(20)17(3)4/h13,15H,6-9H2,1-5H3. The van der Waals surface area contributed by atoms with Gasteiger partial charge in [-0.1, -0.05) is 0 Å². The van der Waals surface area contributed by atoms with Crippen molar-refractivity contribution in [3.8, 4) is 0 Å². The molecule has 1 unspecified atom stereocenters. The summed E-state index contributed by atoms with van der Waals surface area (Å²) >= 11 is 0. The van der Waals surface area contributed by atoms with Crippen LogP contribution in [0.1, 0.15) is 17.0 Å². The van der Waals surface area contributed by atoms with Gasteiger partial charge < -0.3 is 10.2 Å². The van der Waals surface area contributed by atoms with Gasteiger partial charge in [0.2, 0.25) is 5.91 Å². The van der Waals surface area contributed by atoms with E-state index in [-0.39, 0.29) is 11.9 Å². The van der Waals surface area contributed by atoms with Crippen molar-refractivity contribution in [1.29, 1.82) is 0 Å². The maximum absolute atomic E-state index is 12.3. The van der Waals surface area contributed by atoms with E-state index in [1.54, 1.807) is 4.90 Å². The van der Waals surface area contributed by atoms with Gasteiger partial charge in [0.25, 0.3) is 0 Å². The quantitative estimate of drug-likeness (QED) is 0.839. The lowest BCUT2D eigenvalue weighted by molar-refractivity contribution is -0.135. The van der Waals surface area contributed by atoms with Crippen LogP contribution < -0.4 is 5.32 Å². The van der Waals surface area contributed by atoms with E-state index in [0.717, 1.165) is 31.9 Å². The van der Waals surface area contributed by atoms with Crippen LogP contribution in [0.5, 0.6) is 0 Å². The molecule has 20 heavy (non-hydrogen) atoms. The number of aromatic nitrogens is 2. The molecule has 112 valence electrons. The van der Waals surface area contributed by atoms with E-state index in [9.17, 15) is 4.79 Å². The third-order valence-electron chi connectivity index (χ3n) is 4.10. The molecule has 6 heteroatoms. The number of hydrogen-bond acceptors (Lipinski definition) is 4. The highest BCUT2D eigenvalue weighted by Gasteiger charge is 2.30. The minimum atomic E-state index is -0.0854. The van der Waals surface area contributed by atoms with Gasteiger partial charge in [-0.05, 0) is 13.8 Å². The predicted molar refractivity (Wildman–Crippen MR) is 78.4 cm³/mol. The molecule has 1 aliphatic rings. The Morgan fingerprint density at radius 3 is 2.70 bits per heavy atom. The third-order valence-corrected chi connectivity index (χ3v) is 4.10. The molecular formula is C14H25N5O. The van der Waals surface area contributed by atoms with Gasteiger partial charge >= 0.3 is 0 Å². The van der Waals surface area contributed by atoms with Gasteiger partial charge in [-0.15, -0.1) is 0 Å². The first-order valence-corrected chi connectivity index (χ1v) is 7.06. The lowest BCUT2D eigenvalue weighted by Crippen LogP contribution is -2.57. The molecule has 0 saturated carbocycles. The zero-order valence-electron chi connectivity index (χ0n) is 13.1. The Hall–Kier alpha value is -1.40. The zero-order valence-corrected chi connectivity index (χ0v) is 13.1. The van der Waals surface area contributed by atoms with Crippen molar-refractivity contribution in [1.82, 2.24) is 24.9 Å². The van der Waals surface area contributed by atoms with Crippen molar-refractivity contribution in [3.05, 3.63) is 17.0 Å². The van der Waals surface area contributed by atoms with Crippen molar-refractivity contribution < 1.29 is 4.79 Å². The number of aryl methyl sites for hydroxylation is 2. The number of likely N-dealkylation sites (N-methyl/N-ethyl adjacent to an activating group) is 1. The monoisotopic (exact) mass is 279 g/mol. The molecular weight excluding hydrogens is 254 g/mol. The molecule has 1 saturated heterocycles. The number of nitrogens with zero attached hydrogens (tertiary/aromatic N) is 4. The van der Waals surface area contributed by atoms with E-state index in [0.29, 0.717) is 0 Å². The first kappa shape index (κ1) is 15.0. The van der Waals surface area contributed by atoms with Crippen LogP contribution in [0.2, 0.25) is 0 Å². The van der Waals surface area contributed by atoms with Gasteiger partial charge in [0.05, 0.1) is 5.69 Å². The van der Waals surface area contributed by atoms with E-state index in [4.69, 9.17) is 0 Å². The van der Waals surface area contributed by atoms with Crippen LogP contribution in [0, 0.1) is 13.8 Å². The van der Waals surface area contributed by atoms with E-state index in [1.165, 1.54) is 11.3 Å². The van der Waals surface area contributed by atoms with Crippen LogP contribution >= 0.6 is 0 Å². The van der Waals surface area contributed by atoms with Crippen LogP contribution in [0.4, 0.5) is 0 Å². The fourth-order valence-electron chi connectivity index (χ4n) is 2.73. The summed E-state index contributed by atoms with van der Waals surface area (Å²) in [6.07, 6.45) is 0. The van der Waals surface area contributed by atoms with E-state index in [1.807, 2.05) is 32.7 Å². The van der Waals surface area contributed by atoms with Crippen molar-refractivity contribution in [2.45, 2.75) is 26.4 Å². The second-order valence-corrected chi connectivity index (χ2v) is 5.70. The molecule has 1 amide bonds. The SMILES string of the molecule is Cc1nn(C)c(C)c1CN1CCNCC1C(=O)N(C)C. The lowest BCUT2D eigenvalue weighted by Gasteiger charge is -2.36. The summed E-state index contributed by atoms with van der Waals surface area (Å²) in [6.45, 7) is 7.44. The Kier molecular flexibility index (Phi) is 4.45. The van der Waals surface area contributed by atoms with Gasteiger partial charge in [-0.2, -0.15) is 5.10 Å². The molecule has 1 atom stereocenters. The van der Waals surface area contributed by atoms with Gasteiger partial charge in [0.1, 0.15) is 6.04 Å². The van der Waals surface area contributed by atoms with Crippen LogP contribution in [-0.2, 0) is 18.4 Å². The second kappa shape index (κ2) is 5.93. The number of rotatable bonds is 3. The summed E-state index contributed by atoms with van der Waals surface area (Å²) in [5.41, 5.74) is 3.47. The molecule has 1 aromatic heterocycles. The Bertz CT molecular complexity index is 494. The Morgan fingerprint density at radius 2 is 2.15 bits per heavy atom. The smallest absolute Gasteiger partial charge is 0.240 e. The topological polar surface area (TPSA) is 53.4 Å². The van der Waals surface area contributed by atoms with E-state index in [2.05, 4.69) is 22.2 Å². The molecule has 0 radical (unpaired) electrons. The molecule has 1 aliphatic heterocycles. The average Bonchev–Trinajstić information content (AvgIpc) is 2.65. The van der Waals surface area contributed by atoms with Gasteiger partial charge in [0.15, 0.2) is 0 Å². The van der Waals surface area contributed by atoms with Gasteiger partial charge in [-0.25, -0.2) is 0 Å². The fraction of sp³-hybridized carbons (Fsp3) is 0.714. The average molecular weight is 279 g/mol. The van der Waals surface area contributed by atoms with Crippen LogP contribution in [-0.4, -0.2) is 65.3 Å². The van der Waals surface area contributed by atoms with Crippen molar-refractivity contribution >= 4 is 5.91 Å². The summed E-state index contributed by atoms with van der Waals surface area (Å²) in [7, 11) is 5.59. The molecule has 1 fully saturated rings. The number of carbonyl (C=O) groups is 1. The molecule has 1 N–H and O–H groups in total. The largest absolute Gasteiger partial charge is 0.347 e. The summed E-state index contributed by atoms with van der Waals surface area (Å²) in [6, 6.07) is -0.0854. The number of hydrogen-bond donors (Lipinski definition) is 1. The Labute approximate surface area is 120 Å². The van der Waals surface area contributed by atoms with Crippen LogP contribution in [0.15, 0.2) is 0 Å². The molecule has 2 rings (SSSR count). The lowest BCUT2D eigenvalue weighted by atomic mass is 10.1. The summed E-state index contributed by atoms with van der Waals surface area (Å²) in [5.74, 6) is 0.163. The number of amides is 1. The highest BCUT2D eigenvalue weighted by Crippen LogP contribution is 2.17. The third kappa shape index (κ3) is 2.86. The highest BCUT2D eigenvalue weighted by molar-refractivity contribution is 5.81. The van der Waals surface area contributed by atoms with Crippen LogP contribution in [0.3, 0.4) is 0 Å². The summed E-state index contributed by atoms with van der Waals surface area (Å²) < 4.78 is 1.91. The van der Waals surface area contributed by atoms with Gasteiger partial charge in [-0.3, -0.25) is 14.4 Å². The summed E-state index contributed by atoms with van der Waals surface area (Å²) in [5, 5.41) is 7.77. The number of carbonyl (C=O) groups excluding carboxylic acids is 1. The molecule has 0 aliphatic carbocycles. The molecule has 2 heterocycles. The normalized spacial score (nSPS) is 20.1. The molecule has 0 bridgehead atoms. The zero-order chi connectivity index (χ0) is 14.9. The highest BCUT2D eigenvalue weighted by atomic mass is 16.2. The molecule has 6 nitrogen and oxygen atoms in total. The number of nitrogens with one attached hydrogen (secondary N) is 1. The molecule has 0 spiro atoms.